The number of aromatic amines is 1. The molecule has 2 amide bonds. The molecule has 0 saturated carbocycles. The van der Waals surface area contributed by atoms with E-state index in [1.165, 1.54) is 0 Å². The van der Waals surface area contributed by atoms with Gasteiger partial charge in [-0.1, -0.05) is 78.9 Å². The first-order chi connectivity index (χ1) is 18.0. The highest BCUT2D eigenvalue weighted by Gasteiger charge is 2.29. The number of aliphatic carboxylic acids is 1. The molecule has 0 aliphatic heterocycles. The molecule has 1 heterocycles. The van der Waals surface area contributed by atoms with Gasteiger partial charge >= 0.3 is 12.1 Å². The summed E-state index contributed by atoms with van der Waals surface area (Å²) in [7, 11) is 0. The first kappa shape index (κ1) is 23.7. The molecule has 4 aromatic rings. The third-order valence-electron chi connectivity index (χ3n) is 6.08. The number of carbonyl (C=O) groups excluding carboxylic acids is 2. The Hall–Kier alpha value is -4.99. The number of carboxylic acids is 1. The molecular weight excluding hydrogens is 474 g/mol. The predicted molar refractivity (Wildman–Crippen MR) is 134 cm³/mol. The first-order valence-electron chi connectivity index (χ1n) is 11.6. The van der Waals surface area contributed by atoms with E-state index in [1.54, 1.807) is 24.3 Å². The largest absolute Gasteiger partial charge is 0.480 e. The second kappa shape index (κ2) is 10.3. The van der Waals surface area contributed by atoms with Gasteiger partial charge in [-0.05, 0) is 27.8 Å². The molecule has 0 bridgehead atoms. The summed E-state index contributed by atoms with van der Waals surface area (Å²) >= 11 is 0. The number of H-pyrrole nitrogens is 1. The second-order valence-electron chi connectivity index (χ2n) is 8.50. The average Bonchev–Trinajstić information content (AvgIpc) is 3.49. The standard InChI is InChI=1S/C27H23N5O5/c33-23(34)15-32(14-17-8-2-1-3-9-17)25(35)24-28-26(31-30-24)29-27(36)37-16-22-20-12-6-4-10-18(20)19-11-5-7-13-21(19)22/h1-13,22H,14-16H2,(H,33,34)(H2,28,29,30,31,36). The van der Waals surface area contributed by atoms with Crippen LogP contribution in [0.15, 0.2) is 78.9 Å². The van der Waals surface area contributed by atoms with Gasteiger partial charge in [0.15, 0.2) is 0 Å². The molecule has 3 N–H and O–H groups in total. The third kappa shape index (κ3) is 5.18. The second-order valence-corrected chi connectivity index (χ2v) is 8.50. The molecule has 0 unspecified atom stereocenters. The van der Waals surface area contributed by atoms with Crippen LogP contribution in [0, 0.1) is 0 Å². The Labute approximate surface area is 211 Å². The number of aromatic nitrogens is 3. The van der Waals surface area contributed by atoms with Gasteiger partial charge in [-0.25, -0.2) is 4.79 Å². The van der Waals surface area contributed by atoms with Gasteiger partial charge in [-0.2, -0.15) is 4.98 Å². The van der Waals surface area contributed by atoms with E-state index < -0.39 is 24.5 Å². The average molecular weight is 498 g/mol. The molecule has 186 valence electrons. The van der Waals surface area contributed by atoms with Crippen LogP contribution in [0.4, 0.5) is 10.7 Å². The van der Waals surface area contributed by atoms with Gasteiger partial charge in [0.05, 0.1) is 0 Å². The maximum atomic E-state index is 12.9. The number of nitrogens with one attached hydrogen (secondary N) is 2. The molecule has 10 nitrogen and oxygen atoms in total. The highest BCUT2D eigenvalue weighted by molar-refractivity contribution is 5.93. The fourth-order valence-electron chi connectivity index (χ4n) is 4.46. The fourth-order valence-corrected chi connectivity index (χ4v) is 4.46. The molecule has 0 saturated heterocycles. The lowest BCUT2D eigenvalue weighted by atomic mass is 9.98. The van der Waals surface area contributed by atoms with E-state index in [0.717, 1.165) is 32.7 Å². The third-order valence-corrected chi connectivity index (χ3v) is 6.08. The van der Waals surface area contributed by atoms with Gasteiger partial charge in [-0.15, -0.1) is 5.10 Å². The van der Waals surface area contributed by atoms with Gasteiger partial charge in [0.25, 0.3) is 11.9 Å². The Morgan fingerprint density at radius 1 is 0.919 bits per heavy atom. The number of fused-ring (bicyclic) bond motifs is 3. The Morgan fingerprint density at radius 3 is 2.19 bits per heavy atom. The van der Waals surface area contributed by atoms with E-state index in [9.17, 15) is 19.5 Å². The lowest BCUT2D eigenvalue weighted by Gasteiger charge is -2.19. The van der Waals surface area contributed by atoms with Crippen molar-refractivity contribution < 1.29 is 24.2 Å². The normalized spacial score (nSPS) is 11.9. The van der Waals surface area contributed by atoms with Crippen LogP contribution in [0.5, 0.6) is 0 Å². The van der Waals surface area contributed by atoms with Crippen molar-refractivity contribution >= 4 is 23.9 Å². The number of benzene rings is 3. The van der Waals surface area contributed by atoms with E-state index in [-0.39, 0.29) is 30.8 Å². The van der Waals surface area contributed by atoms with E-state index in [0.29, 0.717) is 0 Å². The van der Waals surface area contributed by atoms with Crippen molar-refractivity contribution in [3.63, 3.8) is 0 Å². The topological polar surface area (TPSA) is 138 Å². The number of anilines is 1. The zero-order chi connectivity index (χ0) is 25.8. The van der Waals surface area contributed by atoms with Gasteiger partial charge < -0.3 is 14.7 Å². The van der Waals surface area contributed by atoms with Crippen LogP contribution in [0.1, 0.15) is 33.2 Å². The highest BCUT2D eigenvalue weighted by Crippen LogP contribution is 2.44. The maximum absolute atomic E-state index is 12.9. The molecule has 1 aliphatic carbocycles. The minimum Gasteiger partial charge on any atom is -0.480 e. The smallest absolute Gasteiger partial charge is 0.414 e. The molecule has 37 heavy (non-hydrogen) atoms. The van der Waals surface area contributed by atoms with Crippen LogP contribution in [0.3, 0.4) is 0 Å². The van der Waals surface area contributed by atoms with E-state index >= 15 is 0 Å². The molecule has 3 aromatic carbocycles. The summed E-state index contributed by atoms with van der Waals surface area (Å²) in [5.74, 6) is -2.30. The molecule has 10 heteroatoms. The van der Waals surface area contributed by atoms with Gasteiger partial charge in [-0.3, -0.25) is 20.0 Å². The van der Waals surface area contributed by atoms with Gasteiger partial charge in [0, 0.05) is 12.5 Å². The summed E-state index contributed by atoms with van der Waals surface area (Å²) in [4.78, 5) is 41.8. The molecule has 1 aromatic heterocycles. The molecule has 1 aliphatic rings. The number of carboxylic acid groups (broad SMARTS) is 1. The number of rotatable bonds is 8. The number of hydrogen-bond donors (Lipinski definition) is 3. The molecule has 0 radical (unpaired) electrons. The van der Waals surface area contributed by atoms with E-state index in [4.69, 9.17) is 4.74 Å². The summed E-state index contributed by atoms with van der Waals surface area (Å²) in [6.07, 6.45) is -0.772. The van der Waals surface area contributed by atoms with Crippen molar-refractivity contribution in [1.82, 2.24) is 20.1 Å². The highest BCUT2D eigenvalue weighted by atomic mass is 16.5. The number of amides is 2. The molecule has 0 fully saturated rings. The number of nitrogens with zero attached hydrogens (tertiary/aromatic N) is 3. The summed E-state index contributed by atoms with van der Waals surface area (Å²) < 4.78 is 5.48. The lowest BCUT2D eigenvalue weighted by molar-refractivity contribution is -0.137. The van der Waals surface area contributed by atoms with Crippen LogP contribution >= 0.6 is 0 Å². The summed E-state index contributed by atoms with van der Waals surface area (Å²) in [6.45, 7) is -0.342. The molecule has 5 rings (SSSR count). The quantitative estimate of drug-likeness (QED) is 0.336. The van der Waals surface area contributed by atoms with Crippen molar-refractivity contribution in [3.05, 3.63) is 101 Å². The Kier molecular flexibility index (Phi) is 6.62. The minimum absolute atomic E-state index is 0.0712. The van der Waals surface area contributed by atoms with Crippen molar-refractivity contribution in [3.8, 4) is 11.1 Å². The monoisotopic (exact) mass is 497 g/mol. The summed E-state index contributed by atoms with van der Waals surface area (Å²) in [5.41, 5.74) is 5.16. The molecule has 0 spiro atoms. The summed E-state index contributed by atoms with van der Waals surface area (Å²) in [5, 5.41) is 18.0. The Morgan fingerprint density at radius 2 is 1.54 bits per heavy atom. The van der Waals surface area contributed by atoms with Crippen LogP contribution < -0.4 is 5.32 Å². The Balaban J connectivity index is 1.23. The first-order valence-corrected chi connectivity index (χ1v) is 11.6. The lowest BCUT2D eigenvalue weighted by Crippen LogP contribution is -2.35. The number of ether oxygens (including phenoxy) is 1. The van der Waals surface area contributed by atoms with Crippen molar-refractivity contribution in [2.75, 3.05) is 18.5 Å². The van der Waals surface area contributed by atoms with Crippen LogP contribution in [-0.4, -0.2) is 56.3 Å². The number of carbonyl (C=O) groups is 3. The number of hydrogen-bond acceptors (Lipinski definition) is 6. The predicted octanol–water partition coefficient (Wildman–Crippen LogP) is 3.89. The van der Waals surface area contributed by atoms with Crippen molar-refractivity contribution in [2.45, 2.75) is 12.5 Å². The zero-order valence-corrected chi connectivity index (χ0v) is 19.6. The fraction of sp³-hybridized carbons (Fsp3) is 0.148. The van der Waals surface area contributed by atoms with Crippen LogP contribution in [0.25, 0.3) is 11.1 Å². The van der Waals surface area contributed by atoms with Crippen LogP contribution in [0.2, 0.25) is 0 Å². The molecule has 0 atom stereocenters. The Bertz CT molecular complexity index is 1410. The van der Waals surface area contributed by atoms with Crippen molar-refractivity contribution in [2.24, 2.45) is 0 Å². The zero-order valence-electron chi connectivity index (χ0n) is 19.6. The summed E-state index contributed by atoms with van der Waals surface area (Å²) in [6, 6.07) is 25.0. The molecular formula is C27H23N5O5. The minimum atomic E-state index is -1.17. The van der Waals surface area contributed by atoms with Crippen molar-refractivity contribution in [1.29, 1.82) is 0 Å². The van der Waals surface area contributed by atoms with Gasteiger partial charge in [0.2, 0.25) is 5.82 Å². The van der Waals surface area contributed by atoms with E-state index in [1.807, 2.05) is 54.6 Å². The van der Waals surface area contributed by atoms with Crippen LogP contribution in [-0.2, 0) is 16.1 Å². The maximum Gasteiger partial charge on any atom is 0.414 e. The SMILES string of the molecule is O=C(O)CN(Cc1ccccc1)C(=O)c1nc(NC(=O)OCC2c3ccccc3-c3ccccc32)n[nH]1. The van der Waals surface area contributed by atoms with Gasteiger partial charge in [0.1, 0.15) is 13.2 Å². The van der Waals surface area contributed by atoms with E-state index in [2.05, 4.69) is 20.5 Å².